The molecule has 2 aromatic rings. The molecule has 4 rings (SSSR count). The first-order chi connectivity index (χ1) is 17.2. The monoisotopic (exact) mass is 565 g/mol. The van der Waals surface area contributed by atoms with E-state index in [1.807, 2.05) is 0 Å². The first-order valence-corrected chi connectivity index (χ1v) is 13.1. The summed E-state index contributed by atoms with van der Waals surface area (Å²) in [5, 5.41) is 2.41. The van der Waals surface area contributed by atoms with Gasteiger partial charge in [-0.3, -0.25) is 14.5 Å². The molecule has 1 heterocycles. The molecule has 1 aliphatic heterocycles. The zero-order chi connectivity index (χ0) is 27.2. The van der Waals surface area contributed by atoms with E-state index in [0.29, 0.717) is 6.07 Å². The van der Waals surface area contributed by atoms with Crippen LogP contribution in [-0.2, 0) is 25.8 Å². The molecule has 0 radical (unpaired) electrons. The normalized spacial score (nSPS) is 21.6. The lowest BCUT2D eigenvalue weighted by atomic mass is 9.87. The number of carbonyl (C=O) groups is 2. The van der Waals surface area contributed by atoms with Gasteiger partial charge in [0.1, 0.15) is 12.1 Å². The molecule has 200 valence electrons. The van der Waals surface area contributed by atoms with Crippen molar-refractivity contribution in [3.63, 3.8) is 0 Å². The van der Waals surface area contributed by atoms with Crippen molar-refractivity contribution < 1.29 is 40.0 Å². The number of anilines is 1. The van der Waals surface area contributed by atoms with Gasteiger partial charge in [-0.1, -0.05) is 35.9 Å². The summed E-state index contributed by atoms with van der Waals surface area (Å²) in [6.07, 6.45) is -6.27. The average molecular weight is 566 g/mol. The number of carbonyl (C=O) groups excluding carboxylic acids is 2. The molecule has 2 aliphatic rings. The molecule has 1 aliphatic carbocycles. The summed E-state index contributed by atoms with van der Waals surface area (Å²) in [5.74, 6) is -5.34. The van der Waals surface area contributed by atoms with Crippen LogP contribution in [0.2, 0.25) is 5.02 Å². The highest BCUT2D eigenvalue weighted by atomic mass is 35.5. The fourth-order valence-corrected chi connectivity index (χ4v) is 5.88. The van der Waals surface area contributed by atoms with E-state index in [1.165, 1.54) is 24.3 Å². The number of hydrogen-bond acceptors (Lipinski definition) is 4. The van der Waals surface area contributed by atoms with Gasteiger partial charge in [0.15, 0.2) is 0 Å². The fourth-order valence-electron chi connectivity index (χ4n) is 4.32. The van der Waals surface area contributed by atoms with Crippen LogP contribution < -0.4 is 14.9 Å². The van der Waals surface area contributed by atoms with Crippen LogP contribution >= 0.6 is 11.6 Å². The third-order valence-electron chi connectivity index (χ3n) is 6.13. The van der Waals surface area contributed by atoms with E-state index in [4.69, 9.17) is 11.6 Å². The Morgan fingerprint density at radius 1 is 1.11 bits per heavy atom. The molecule has 0 aromatic heterocycles. The van der Waals surface area contributed by atoms with E-state index in [-0.39, 0.29) is 22.7 Å². The Kier molecular flexibility index (Phi) is 7.25. The second-order valence-electron chi connectivity index (χ2n) is 8.93. The maximum Gasteiger partial charge on any atom is 0.416 e. The molecule has 1 saturated carbocycles. The van der Waals surface area contributed by atoms with Gasteiger partial charge in [-0.05, 0) is 30.7 Å². The molecule has 2 unspecified atom stereocenters. The molecule has 37 heavy (non-hydrogen) atoms. The largest absolute Gasteiger partial charge is 0.416 e. The maximum atomic E-state index is 13.7. The van der Waals surface area contributed by atoms with Gasteiger partial charge in [-0.25, -0.2) is 21.9 Å². The van der Waals surface area contributed by atoms with Crippen LogP contribution in [0, 0.1) is 0 Å². The molecule has 2 aromatic carbocycles. The second-order valence-corrected chi connectivity index (χ2v) is 11.2. The van der Waals surface area contributed by atoms with Gasteiger partial charge in [0.2, 0.25) is 21.8 Å². The molecule has 2 amide bonds. The summed E-state index contributed by atoms with van der Waals surface area (Å²) in [6.45, 7) is 0. The number of rotatable bonds is 6. The minimum Gasteiger partial charge on any atom is -0.351 e. The summed E-state index contributed by atoms with van der Waals surface area (Å²) in [5.41, 5.74) is -1.46. The zero-order valence-electron chi connectivity index (χ0n) is 18.9. The van der Waals surface area contributed by atoms with Crippen LogP contribution in [0.4, 0.5) is 27.6 Å². The Labute approximate surface area is 214 Å². The van der Waals surface area contributed by atoms with E-state index in [1.54, 1.807) is 0 Å². The van der Waals surface area contributed by atoms with Crippen molar-refractivity contribution in [2.45, 2.75) is 49.5 Å². The van der Waals surface area contributed by atoms with Gasteiger partial charge in [-0.2, -0.15) is 13.2 Å². The van der Waals surface area contributed by atoms with E-state index < -0.39 is 76.2 Å². The highest BCUT2D eigenvalue weighted by molar-refractivity contribution is 7.89. The number of sulfonamides is 1. The quantitative estimate of drug-likeness (QED) is 0.517. The molecular weight excluding hydrogens is 545 g/mol. The molecule has 2 N–H and O–H groups in total. The minimum absolute atomic E-state index is 0.0133. The number of amides is 2. The predicted molar refractivity (Wildman–Crippen MR) is 125 cm³/mol. The molecule has 0 spiro atoms. The molecular formula is C23H21ClF5N3O4S. The number of nitrogens with zero attached hydrogens (tertiary/aromatic N) is 1. The van der Waals surface area contributed by atoms with Crippen molar-refractivity contribution in [1.82, 2.24) is 10.0 Å². The standard InChI is InChI=1S/C23H21ClF5N3O4S/c24-17-7-2-1-6-16(17)19(20(33)30-14-11-22(25,26)12-14)32(21(34)18-8-9-37(35,36)31-18)15-5-3-4-13(10-15)23(27,28)29/h1-7,10,14,18-19,31H,8-9,11-12H2,(H,30,33). The van der Waals surface area contributed by atoms with Crippen LogP contribution in [0.1, 0.15) is 36.4 Å². The number of halogens is 6. The topological polar surface area (TPSA) is 95.6 Å². The lowest BCUT2D eigenvalue weighted by Gasteiger charge is -2.38. The van der Waals surface area contributed by atoms with Crippen molar-refractivity contribution in [3.8, 4) is 0 Å². The first kappa shape index (κ1) is 27.3. The van der Waals surface area contributed by atoms with Crippen molar-refractivity contribution in [1.29, 1.82) is 0 Å². The summed E-state index contributed by atoms with van der Waals surface area (Å²) < 4.78 is 93.4. The Bertz CT molecular complexity index is 1310. The van der Waals surface area contributed by atoms with Gasteiger partial charge in [0.05, 0.1) is 11.3 Å². The van der Waals surface area contributed by atoms with Gasteiger partial charge in [-0.15, -0.1) is 0 Å². The highest BCUT2D eigenvalue weighted by Gasteiger charge is 2.48. The third-order valence-corrected chi connectivity index (χ3v) is 7.89. The molecule has 14 heteroatoms. The minimum atomic E-state index is -4.79. The van der Waals surface area contributed by atoms with E-state index in [0.717, 1.165) is 23.1 Å². The van der Waals surface area contributed by atoms with Crippen molar-refractivity contribution in [3.05, 3.63) is 64.7 Å². The molecule has 1 saturated heterocycles. The highest BCUT2D eigenvalue weighted by Crippen LogP contribution is 2.40. The molecule has 7 nitrogen and oxygen atoms in total. The van der Waals surface area contributed by atoms with E-state index in [9.17, 15) is 40.0 Å². The third kappa shape index (κ3) is 6.04. The first-order valence-electron chi connectivity index (χ1n) is 11.1. The van der Waals surface area contributed by atoms with Crippen LogP contribution in [-0.4, -0.2) is 44.0 Å². The van der Waals surface area contributed by atoms with E-state index >= 15 is 0 Å². The van der Waals surface area contributed by atoms with Gasteiger partial charge >= 0.3 is 6.18 Å². The van der Waals surface area contributed by atoms with Crippen LogP contribution in [0.5, 0.6) is 0 Å². The van der Waals surface area contributed by atoms with Crippen molar-refractivity contribution >= 4 is 39.1 Å². The number of benzene rings is 2. The molecule has 0 bridgehead atoms. The average Bonchev–Trinajstić information content (AvgIpc) is 3.15. The Morgan fingerprint density at radius 2 is 1.78 bits per heavy atom. The SMILES string of the molecule is O=C(NC1CC(F)(F)C1)C(c1ccccc1Cl)N(C(=O)C1CCS(=O)(=O)N1)c1cccc(C(F)(F)F)c1. The summed E-state index contributed by atoms with van der Waals surface area (Å²) in [4.78, 5) is 27.9. The molecule has 2 atom stereocenters. The van der Waals surface area contributed by atoms with Crippen LogP contribution in [0.3, 0.4) is 0 Å². The zero-order valence-corrected chi connectivity index (χ0v) is 20.5. The van der Waals surface area contributed by atoms with Crippen molar-refractivity contribution in [2.75, 3.05) is 10.7 Å². The lowest BCUT2D eigenvalue weighted by Crippen LogP contribution is -2.55. The lowest BCUT2D eigenvalue weighted by molar-refractivity contribution is -0.137. The van der Waals surface area contributed by atoms with Gasteiger partial charge in [0.25, 0.3) is 5.92 Å². The smallest absolute Gasteiger partial charge is 0.351 e. The Balaban J connectivity index is 1.83. The Morgan fingerprint density at radius 3 is 2.35 bits per heavy atom. The van der Waals surface area contributed by atoms with Gasteiger partial charge in [0, 0.05) is 35.2 Å². The summed E-state index contributed by atoms with van der Waals surface area (Å²) in [7, 11) is -3.82. The molecule has 2 fully saturated rings. The maximum absolute atomic E-state index is 13.7. The number of hydrogen-bond donors (Lipinski definition) is 2. The van der Waals surface area contributed by atoms with Gasteiger partial charge < -0.3 is 5.32 Å². The van der Waals surface area contributed by atoms with Crippen LogP contribution in [0.15, 0.2) is 48.5 Å². The summed E-state index contributed by atoms with van der Waals surface area (Å²) >= 11 is 6.31. The number of alkyl halides is 5. The number of nitrogens with one attached hydrogen (secondary N) is 2. The van der Waals surface area contributed by atoms with Crippen LogP contribution in [0.25, 0.3) is 0 Å². The van der Waals surface area contributed by atoms with Crippen molar-refractivity contribution in [2.24, 2.45) is 0 Å². The predicted octanol–water partition coefficient (Wildman–Crippen LogP) is 4.04. The van der Waals surface area contributed by atoms with E-state index in [2.05, 4.69) is 10.0 Å². The Hall–Kier alpha value is -2.77. The summed E-state index contributed by atoms with van der Waals surface area (Å²) in [6, 6.07) is 5.38. The second kappa shape index (κ2) is 9.84. The fraction of sp³-hybridized carbons (Fsp3) is 0.391.